The normalized spacial score (nSPS) is 26.7. The van der Waals surface area contributed by atoms with E-state index in [0.717, 1.165) is 0 Å². The zero-order chi connectivity index (χ0) is 18.5. The number of thiophene rings is 1. The van der Waals surface area contributed by atoms with Crippen LogP contribution in [0.2, 0.25) is 0 Å². The van der Waals surface area contributed by atoms with Gasteiger partial charge in [0.2, 0.25) is 0 Å². The average Bonchev–Trinajstić information content (AvgIpc) is 3.27. The highest BCUT2D eigenvalue weighted by Crippen LogP contribution is 2.35. The van der Waals surface area contributed by atoms with Crippen LogP contribution in [0.15, 0.2) is 36.4 Å². The fourth-order valence-electron chi connectivity index (χ4n) is 3.54. The molecule has 0 aliphatic carbocycles. The van der Waals surface area contributed by atoms with E-state index in [1.807, 2.05) is 0 Å². The standard InChI is InChI=1S/C17H17FN2O4S2/c18-10-1-3-11(4-2-10)24-16-6-5-14(25-16)17(21)20-7-12-13(19)9-26(22,23)15(12)8-20/h1-6,12-13,15H,7-9,19H2/t12-,13+,15-/m0/s1. The fourth-order valence-corrected chi connectivity index (χ4v) is 6.64. The molecule has 2 aliphatic rings. The molecule has 138 valence electrons. The van der Waals surface area contributed by atoms with Crippen LogP contribution in [0.4, 0.5) is 4.39 Å². The summed E-state index contributed by atoms with van der Waals surface area (Å²) in [5, 5.41) is -0.0555. The number of nitrogens with two attached hydrogens (primary N) is 1. The zero-order valence-corrected chi connectivity index (χ0v) is 15.3. The van der Waals surface area contributed by atoms with Gasteiger partial charge in [-0.05, 0) is 36.4 Å². The van der Waals surface area contributed by atoms with Gasteiger partial charge in [0.05, 0.1) is 15.9 Å². The third-order valence-electron chi connectivity index (χ3n) is 4.86. The molecule has 9 heteroatoms. The largest absolute Gasteiger partial charge is 0.447 e. The molecular weight excluding hydrogens is 379 g/mol. The van der Waals surface area contributed by atoms with Gasteiger partial charge in [-0.2, -0.15) is 0 Å². The Balaban J connectivity index is 1.46. The molecule has 2 saturated heterocycles. The number of hydrogen-bond donors (Lipinski definition) is 1. The van der Waals surface area contributed by atoms with Crippen molar-refractivity contribution in [3.63, 3.8) is 0 Å². The van der Waals surface area contributed by atoms with Gasteiger partial charge >= 0.3 is 0 Å². The first kappa shape index (κ1) is 17.4. The molecule has 1 aromatic heterocycles. The van der Waals surface area contributed by atoms with Gasteiger partial charge in [0.15, 0.2) is 14.9 Å². The summed E-state index contributed by atoms with van der Waals surface area (Å²) in [5.74, 6) is -0.300. The van der Waals surface area contributed by atoms with E-state index in [9.17, 15) is 17.6 Å². The SMILES string of the molecule is N[C@@H]1CS(=O)(=O)[C@H]2CN(C(=O)c3ccc(Oc4ccc(F)cc4)s3)C[C@@H]12. The summed E-state index contributed by atoms with van der Waals surface area (Å²) in [6.45, 7) is 0.543. The average molecular weight is 396 g/mol. The first-order valence-electron chi connectivity index (χ1n) is 8.13. The Labute approximate surface area is 154 Å². The van der Waals surface area contributed by atoms with Crippen molar-refractivity contribution in [2.45, 2.75) is 11.3 Å². The first-order chi connectivity index (χ1) is 12.3. The number of carbonyl (C=O) groups is 1. The number of rotatable bonds is 3. The summed E-state index contributed by atoms with van der Waals surface area (Å²) in [4.78, 5) is 14.7. The number of benzene rings is 1. The van der Waals surface area contributed by atoms with Gasteiger partial charge in [-0.3, -0.25) is 4.79 Å². The minimum atomic E-state index is -3.23. The summed E-state index contributed by atoms with van der Waals surface area (Å²) in [6.07, 6.45) is 0. The van der Waals surface area contributed by atoms with Gasteiger partial charge in [-0.15, -0.1) is 0 Å². The molecule has 0 radical (unpaired) electrons. The molecule has 2 fully saturated rings. The van der Waals surface area contributed by atoms with Gasteiger partial charge in [0.25, 0.3) is 5.91 Å². The van der Waals surface area contributed by atoms with Crippen LogP contribution in [0.25, 0.3) is 0 Å². The fraction of sp³-hybridized carbons (Fsp3) is 0.353. The summed E-state index contributed by atoms with van der Waals surface area (Å²) >= 11 is 1.17. The predicted molar refractivity (Wildman–Crippen MR) is 95.7 cm³/mol. The van der Waals surface area contributed by atoms with E-state index >= 15 is 0 Å². The van der Waals surface area contributed by atoms with Gasteiger partial charge in [0, 0.05) is 25.0 Å². The molecule has 2 aliphatic heterocycles. The number of fused-ring (bicyclic) bond motifs is 1. The van der Waals surface area contributed by atoms with E-state index in [1.165, 1.54) is 35.6 Å². The lowest BCUT2D eigenvalue weighted by Crippen LogP contribution is -2.35. The lowest BCUT2D eigenvalue weighted by molar-refractivity contribution is 0.0790. The molecule has 2 aromatic rings. The molecule has 3 atom stereocenters. The van der Waals surface area contributed by atoms with E-state index in [0.29, 0.717) is 22.2 Å². The summed E-state index contributed by atoms with van der Waals surface area (Å²) < 4.78 is 42.8. The highest BCUT2D eigenvalue weighted by Gasteiger charge is 2.51. The summed E-state index contributed by atoms with van der Waals surface area (Å²) in [5.41, 5.74) is 5.94. The van der Waals surface area contributed by atoms with Gasteiger partial charge in [-0.25, -0.2) is 12.8 Å². The molecule has 1 amide bonds. The Hall–Kier alpha value is -1.97. The lowest BCUT2D eigenvalue weighted by atomic mass is 10.0. The van der Waals surface area contributed by atoms with Crippen molar-refractivity contribution in [3.8, 4) is 10.8 Å². The van der Waals surface area contributed by atoms with Crippen molar-refractivity contribution >= 4 is 27.1 Å². The molecule has 6 nitrogen and oxygen atoms in total. The third kappa shape index (κ3) is 3.10. The Morgan fingerprint density at radius 3 is 2.62 bits per heavy atom. The number of sulfone groups is 1. The highest BCUT2D eigenvalue weighted by molar-refractivity contribution is 7.92. The minimum absolute atomic E-state index is 0.000968. The molecule has 4 rings (SSSR count). The molecule has 2 N–H and O–H groups in total. The summed E-state index contributed by atoms with van der Waals surface area (Å²) in [6, 6.07) is 8.50. The quantitative estimate of drug-likeness (QED) is 0.856. The first-order valence-corrected chi connectivity index (χ1v) is 10.7. The molecule has 26 heavy (non-hydrogen) atoms. The second-order valence-electron chi connectivity index (χ2n) is 6.58. The van der Waals surface area contributed by atoms with Crippen molar-refractivity contribution in [1.29, 1.82) is 0 Å². The number of amides is 1. The minimum Gasteiger partial charge on any atom is -0.447 e. The Bertz CT molecular complexity index is 942. The maximum Gasteiger partial charge on any atom is 0.264 e. The molecule has 1 aromatic carbocycles. The topological polar surface area (TPSA) is 89.7 Å². The van der Waals surface area contributed by atoms with E-state index in [2.05, 4.69) is 0 Å². The molecule has 0 bridgehead atoms. The van der Waals surface area contributed by atoms with E-state index in [-0.39, 0.29) is 29.9 Å². The van der Waals surface area contributed by atoms with Crippen molar-refractivity contribution < 1.29 is 22.3 Å². The van der Waals surface area contributed by atoms with Gasteiger partial charge in [-0.1, -0.05) is 11.3 Å². The molecule has 0 unspecified atom stereocenters. The van der Waals surface area contributed by atoms with Crippen molar-refractivity contribution in [2.24, 2.45) is 11.7 Å². The maximum absolute atomic E-state index is 12.9. The van der Waals surface area contributed by atoms with Crippen molar-refractivity contribution in [1.82, 2.24) is 4.90 Å². The molecular formula is C17H17FN2O4S2. The van der Waals surface area contributed by atoms with Crippen LogP contribution in [0.1, 0.15) is 9.67 Å². The molecule has 3 heterocycles. The number of halogens is 1. The Morgan fingerprint density at radius 1 is 1.19 bits per heavy atom. The zero-order valence-electron chi connectivity index (χ0n) is 13.7. The smallest absolute Gasteiger partial charge is 0.264 e. The number of likely N-dealkylation sites (tertiary alicyclic amines) is 1. The lowest BCUT2D eigenvalue weighted by Gasteiger charge is -2.17. The number of carbonyl (C=O) groups excluding carboxylic acids is 1. The predicted octanol–water partition coefficient (Wildman–Crippen LogP) is 1.88. The second-order valence-corrected chi connectivity index (χ2v) is 9.89. The van der Waals surface area contributed by atoms with Crippen molar-refractivity contribution in [3.05, 3.63) is 47.1 Å². The van der Waals surface area contributed by atoms with E-state index in [1.54, 1.807) is 17.0 Å². The molecule has 0 spiro atoms. The number of ether oxygens (including phenoxy) is 1. The van der Waals surface area contributed by atoms with Crippen LogP contribution in [0.3, 0.4) is 0 Å². The Morgan fingerprint density at radius 2 is 1.92 bits per heavy atom. The number of hydrogen-bond acceptors (Lipinski definition) is 6. The van der Waals surface area contributed by atoms with E-state index < -0.39 is 21.1 Å². The van der Waals surface area contributed by atoms with Crippen LogP contribution >= 0.6 is 11.3 Å². The monoisotopic (exact) mass is 396 g/mol. The van der Waals surface area contributed by atoms with Crippen molar-refractivity contribution in [2.75, 3.05) is 18.8 Å². The third-order valence-corrected chi connectivity index (χ3v) is 8.08. The van der Waals surface area contributed by atoms with Crippen LogP contribution in [0, 0.1) is 11.7 Å². The maximum atomic E-state index is 12.9. The van der Waals surface area contributed by atoms with Crippen LogP contribution < -0.4 is 10.5 Å². The van der Waals surface area contributed by atoms with Crippen LogP contribution in [0.5, 0.6) is 10.8 Å². The number of nitrogens with zero attached hydrogens (tertiary/aromatic N) is 1. The summed E-state index contributed by atoms with van der Waals surface area (Å²) in [7, 11) is -3.23. The second kappa shape index (κ2) is 6.33. The van der Waals surface area contributed by atoms with Gasteiger partial charge in [0.1, 0.15) is 11.6 Å². The molecule has 0 saturated carbocycles. The van der Waals surface area contributed by atoms with E-state index in [4.69, 9.17) is 10.5 Å². The van der Waals surface area contributed by atoms with Crippen LogP contribution in [-0.4, -0.2) is 49.4 Å². The Kier molecular flexibility index (Phi) is 4.25. The van der Waals surface area contributed by atoms with Crippen LogP contribution in [-0.2, 0) is 9.84 Å². The van der Waals surface area contributed by atoms with Gasteiger partial charge < -0.3 is 15.4 Å². The highest BCUT2D eigenvalue weighted by atomic mass is 32.2.